The Morgan fingerprint density at radius 3 is 2.47 bits per heavy atom. The number of anilines is 1. The minimum Gasteiger partial charge on any atom is -0.367 e. The molecule has 1 aromatic heterocycles. The van der Waals surface area contributed by atoms with Crippen LogP contribution >= 0.6 is 0 Å². The molecule has 0 amide bonds. The molecule has 0 unspecified atom stereocenters. The van der Waals surface area contributed by atoms with Gasteiger partial charge in [-0.25, -0.2) is 4.98 Å². The minimum absolute atomic E-state index is 0.578. The molecule has 0 aliphatic carbocycles. The maximum atomic E-state index is 4.33. The second-order valence-corrected chi connectivity index (χ2v) is 4.14. The molecular formula is C13H22N2. The maximum Gasteiger partial charge on any atom is 0.126 e. The van der Waals surface area contributed by atoms with Crippen LogP contribution in [0.2, 0.25) is 0 Å². The third kappa shape index (κ3) is 4.32. The number of nitrogens with zero attached hydrogens (tertiary/aromatic N) is 1. The van der Waals surface area contributed by atoms with Crippen LogP contribution in [0.25, 0.3) is 0 Å². The Balaban J connectivity index is 2.56. The van der Waals surface area contributed by atoms with Gasteiger partial charge in [-0.2, -0.15) is 0 Å². The fraction of sp³-hybridized carbons (Fsp3) is 0.615. The van der Waals surface area contributed by atoms with Gasteiger partial charge in [0.25, 0.3) is 0 Å². The van der Waals surface area contributed by atoms with Crippen LogP contribution < -0.4 is 5.32 Å². The molecule has 2 nitrogen and oxygen atoms in total. The van der Waals surface area contributed by atoms with Gasteiger partial charge in [0.2, 0.25) is 0 Å². The van der Waals surface area contributed by atoms with Crippen LogP contribution in [0.4, 0.5) is 5.82 Å². The zero-order valence-corrected chi connectivity index (χ0v) is 10.1. The van der Waals surface area contributed by atoms with Crippen molar-refractivity contribution in [3.8, 4) is 0 Å². The third-order valence-corrected chi connectivity index (χ3v) is 2.54. The van der Waals surface area contributed by atoms with Gasteiger partial charge in [0, 0.05) is 12.2 Å². The van der Waals surface area contributed by atoms with Crippen molar-refractivity contribution in [2.24, 2.45) is 0 Å². The van der Waals surface area contributed by atoms with Gasteiger partial charge in [-0.3, -0.25) is 0 Å². The summed E-state index contributed by atoms with van der Waals surface area (Å²) in [5.41, 5.74) is 1.26. The smallest absolute Gasteiger partial charge is 0.126 e. The largest absolute Gasteiger partial charge is 0.367 e. The van der Waals surface area contributed by atoms with Gasteiger partial charge >= 0.3 is 0 Å². The lowest BCUT2D eigenvalue weighted by Crippen LogP contribution is -2.19. The summed E-state index contributed by atoms with van der Waals surface area (Å²) in [7, 11) is 0. The van der Waals surface area contributed by atoms with E-state index < -0.39 is 0 Å². The standard InChI is InChI=1S/C13H22N2/c1-4-6-12(7-5-2)15-13-10-11(3)8-9-14-13/h8-10,12H,4-7H2,1-3H3,(H,14,15). The van der Waals surface area contributed by atoms with Crippen LogP contribution in [0.3, 0.4) is 0 Å². The number of nitrogens with one attached hydrogen (secondary N) is 1. The van der Waals surface area contributed by atoms with Gasteiger partial charge in [-0.1, -0.05) is 26.7 Å². The topological polar surface area (TPSA) is 24.9 Å². The van der Waals surface area contributed by atoms with E-state index >= 15 is 0 Å². The first-order chi connectivity index (χ1) is 7.26. The van der Waals surface area contributed by atoms with Crippen LogP contribution in [-0.2, 0) is 0 Å². The molecule has 0 atom stereocenters. The first kappa shape index (κ1) is 12.0. The average Bonchev–Trinajstić information content (AvgIpc) is 2.18. The summed E-state index contributed by atoms with van der Waals surface area (Å²) in [6.07, 6.45) is 6.77. The van der Waals surface area contributed by atoms with E-state index in [-0.39, 0.29) is 0 Å². The predicted molar refractivity (Wildman–Crippen MR) is 66.2 cm³/mol. The number of hydrogen-bond donors (Lipinski definition) is 1. The fourth-order valence-corrected chi connectivity index (χ4v) is 1.81. The normalized spacial score (nSPS) is 10.7. The molecular weight excluding hydrogens is 184 g/mol. The zero-order valence-electron chi connectivity index (χ0n) is 10.1. The van der Waals surface area contributed by atoms with Gasteiger partial charge < -0.3 is 5.32 Å². The third-order valence-electron chi connectivity index (χ3n) is 2.54. The van der Waals surface area contributed by atoms with E-state index in [2.05, 4.69) is 37.1 Å². The van der Waals surface area contributed by atoms with Crippen LogP contribution in [0.15, 0.2) is 18.3 Å². The van der Waals surface area contributed by atoms with E-state index in [1.807, 2.05) is 12.3 Å². The highest BCUT2D eigenvalue weighted by Gasteiger charge is 2.06. The van der Waals surface area contributed by atoms with Gasteiger partial charge in [-0.15, -0.1) is 0 Å². The lowest BCUT2D eigenvalue weighted by atomic mass is 10.1. The van der Waals surface area contributed by atoms with E-state index in [1.54, 1.807) is 0 Å². The first-order valence-corrected chi connectivity index (χ1v) is 5.95. The van der Waals surface area contributed by atoms with Crippen LogP contribution in [0, 0.1) is 6.92 Å². The molecule has 15 heavy (non-hydrogen) atoms. The van der Waals surface area contributed by atoms with Crippen LogP contribution in [0.1, 0.15) is 45.1 Å². The van der Waals surface area contributed by atoms with Gasteiger partial charge in [-0.05, 0) is 37.5 Å². The highest BCUT2D eigenvalue weighted by molar-refractivity contribution is 5.37. The van der Waals surface area contributed by atoms with Crippen molar-refractivity contribution in [3.63, 3.8) is 0 Å². The highest BCUT2D eigenvalue weighted by Crippen LogP contribution is 2.13. The Bertz CT molecular complexity index is 278. The molecule has 0 aromatic carbocycles. The quantitative estimate of drug-likeness (QED) is 0.766. The molecule has 1 rings (SSSR count). The predicted octanol–water partition coefficient (Wildman–Crippen LogP) is 3.77. The van der Waals surface area contributed by atoms with Crippen LogP contribution in [-0.4, -0.2) is 11.0 Å². The molecule has 1 aromatic rings. The summed E-state index contributed by atoms with van der Waals surface area (Å²) in [5, 5.41) is 3.51. The molecule has 1 heterocycles. The van der Waals surface area contributed by atoms with Gasteiger partial charge in [0.05, 0.1) is 0 Å². The summed E-state index contributed by atoms with van der Waals surface area (Å²) >= 11 is 0. The van der Waals surface area contributed by atoms with Crippen molar-refractivity contribution in [2.75, 3.05) is 5.32 Å². The van der Waals surface area contributed by atoms with E-state index in [4.69, 9.17) is 0 Å². The first-order valence-electron chi connectivity index (χ1n) is 5.95. The molecule has 0 saturated heterocycles. The van der Waals surface area contributed by atoms with Crippen molar-refractivity contribution < 1.29 is 0 Å². The Labute approximate surface area is 93.1 Å². The second-order valence-electron chi connectivity index (χ2n) is 4.14. The average molecular weight is 206 g/mol. The lowest BCUT2D eigenvalue weighted by Gasteiger charge is -2.18. The van der Waals surface area contributed by atoms with E-state index in [1.165, 1.54) is 31.2 Å². The molecule has 1 N–H and O–H groups in total. The molecule has 84 valence electrons. The van der Waals surface area contributed by atoms with Crippen molar-refractivity contribution in [1.29, 1.82) is 0 Å². The number of rotatable bonds is 6. The molecule has 0 spiro atoms. The summed E-state index contributed by atoms with van der Waals surface area (Å²) < 4.78 is 0. The molecule has 0 fully saturated rings. The Morgan fingerprint density at radius 2 is 1.93 bits per heavy atom. The van der Waals surface area contributed by atoms with Crippen molar-refractivity contribution in [2.45, 2.75) is 52.5 Å². The molecule has 0 radical (unpaired) electrons. The molecule has 0 saturated carbocycles. The lowest BCUT2D eigenvalue weighted by molar-refractivity contribution is 0.584. The van der Waals surface area contributed by atoms with E-state index in [0.717, 1.165) is 5.82 Å². The summed E-state index contributed by atoms with van der Waals surface area (Å²) in [5.74, 6) is 1.02. The summed E-state index contributed by atoms with van der Waals surface area (Å²) in [6, 6.07) is 4.72. The van der Waals surface area contributed by atoms with Gasteiger partial charge in [0.1, 0.15) is 5.82 Å². The zero-order chi connectivity index (χ0) is 11.1. The number of hydrogen-bond acceptors (Lipinski definition) is 2. The molecule has 0 aliphatic rings. The van der Waals surface area contributed by atoms with Gasteiger partial charge in [0.15, 0.2) is 0 Å². The van der Waals surface area contributed by atoms with Crippen molar-refractivity contribution >= 4 is 5.82 Å². The number of pyridine rings is 1. The fourth-order valence-electron chi connectivity index (χ4n) is 1.81. The van der Waals surface area contributed by atoms with Crippen molar-refractivity contribution in [1.82, 2.24) is 4.98 Å². The molecule has 0 aliphatic heterocycles. The Hall–Kier alpha value is -1.05. The summed E-state index contributed by atoms with van der Waals surface area (Å²) in [4.78, 5) is 4.33. The summed E-state index contributed by atoms with van der Waals surface area (Å²) in [6.45, 7) is 6.56. The number of aromatic nitrogens is 1. The molecule has 0 bridgehead atoms. The van der Waals surface area contributed by atoms with E-state index in [9.17, 15) is 0 Å². The number of aryl methyl sites for hydroxylation is 1. The maximum absolute atomic E-state index is 4.33. The second kappa shape index (κ2) is 6.44. The SMILES string of the molecule is CCCC(CCC)Nc1cc(C)ccn1. The Kier molecular flexibility index (Phi) is 5.16. The minimum atomic E-state index is 0.578. The van der Waals surface area contributed by atoms with Crippen molar-refractivity contribution in [3.05, 3.63) is 23.9 Å². The molecule has 2 heteroatoms. The van der Waals surface area contributed by atoms with Crippen LogP contribution in [0.5, 0.6) is 0 Å². The Morgan fingerprint density at radius 1 is 1.27 bits per heavy atom. The highest BCUT2D eigenvalue weighted by atomic mass is 15.0. The van der Waals surface area contributed by atoms with E-state index in [0.29, 0.717) is 6.04 Å². The monoisotopic (exact) mass is 206 g/mol.